The van der Waals surface area contributed by atoms with Crippen LogP contribution in [0.5, 0.6) is 0 Å². The Morgan fingerprint density at radius 1 is 1.11 bits per heavy atom. The second-order valence-electron chi connectivity index (χ2n) is 3.85. The van der Waals surface area contributed by atoms with Crippen molar-refractivity contribution >= 4 is 5.82 Å². The van der Waals surface area contributed by atoms with Gasteiger partial charge in [-0.2, -0.15) is 0 Å². The molecule has 1 heterocycles. The van der Waals surface area contributed by atoms with E-state index >= 15 is 0 Å². The third kappa shape index (κ3) is 4.95. The molecule has 0 atom stereocenters. The molecule has 0 radical (unpaired) electrons. The Hall–Kier alpha value is -1.24. The highest BCUT2D eigenvalue weighted by Gasteiger charge is 2.08. The Kier molecular flexibility index (Phi) is 7.24. The first-order valence-electron chi connectivity index (χ1n) is 5.96. The summed E-state index contributed by atoms with van der Waals surface area (Å²) in [6.45, 7) is 2.86. The average molecular weight is 255 g/mol. The van der Waals surface area contributed by atoms with Gasteiger partial charge in [0.1, 0.15) is 5.82 Å². The van der Waals surface area contributed by atoms with Gasteiger partial charge in [-0.15, -0.1) is 0 Å². The van der Waals surface area contributed by atoms with Gasteiger partial charge >= 0.3 is 0 Å². The van der Waals surface area contributed by atoms with Crippen LogP contribution in [-0.4, -0.2) is 55.6 Å². The summed E-state index contributed by atoms with van der Waals surface area (Å²) in [5.74, 6) is 0.792. The molecule has 0 bridgehead atoms. The van der Waals surface area contributed by atoms with E-state index in [4.69, 9.17) is 14.6 Å². The monoisotopic (exact) mass is 255 g/mol. The van der Waals surface area contributed by atoms with Crippen molar-refractivity contribution in [3.63, 3.8) is 0 Å². The molecule has 1 aromatic rings. The van der Waals surface area contributed by atoms with Crippen LogP contribution in [0.15, 0.2) is 12.4 Å². The quantitative estimate of drug-likeness (QED) is 0.647. The third-order valence-electron chi connectivity index (χ3n) is 2.52. The third-order valence-corrected chi connectivity index (χ3v) is 2.52. The molecule has 102 valence electrons. The molecule has 0 spiro atoms. The highest BCUT2D eigenvalue weighted by atomic mass is 16.5. The fourth-order valence-electron chi connectivity index (χ4n) is 1.54. The number of aromatic nitrogens is 2. The number of hydrogen-bond donors (Lipinski definition) is 1. The smallest absolute Gasteiger partial charge is 0.147 e. The van der Waals surface area contributed by atoms with Gasteiger partial charge in [0.05, 0.1) is 31.3 Å². The van der Waals surface area contributed by atoms with Crippen molar-refractivity contribution in [1.82, 2.24) is 9.97 Å². The molecule has 0 unspecified atom stereocenters. The molecule has 0 aliphatic rings. The maximum atomic E-state index is 8.93. The lowest BCUT2D eigenvalue weighted by Crippen LogP contribution is -2.30. The maximum Gasteiger partial charge on any atom is 0.147 e. The molecule has 0 aromatic carbocycles. The zero-order valence-electron chi connectivity index (χ0n) is 11.0. The van der Waals surface area contributed by atoms with Crippen molar-refractivity contribution in [2.75, 3.05) is 45.4 Å². The van der Waals surface area contributed by atoms with E-state index in [2.05, 4.69) is 14.9 Å². The summed E-state index contributed by atoms with van der Waals surface area (Å²) < 4.78 is 10.1. The zero-order valence-corrected chi connectivity index (χ0v) is 11.0. The average Bonchev–Trinajstić information content (AvgIpc) is 2.43. The molecule has 0 aliphatic carbocycles. The topological polar surface area (TPSA) is 67.7 Å². The molecule has 18 heavy (non-hydrogen) atoms. The van der Waals surface area contributed by atoms with E-state index < -0.39 is 0 Å². The minimum absolute atomic E-state index is 0.0883. The van der Waals surface area contributed by atoms with Crippen LogP contribution in [0, 0.1) is 0 Å². The van der Waals surface area contributed by atoms with Crippen LogP contribution in [0.3, 0.4) is 0 Å². The van der Waals surface area contributed by atoms with Crippen molar-refractivity contribution in [2.24, 2.45) is 0 Å². The summed E-state index contributed by atoms with van der Waals surface area (Å²) in [6.07, 6.45) is 4.18. The second-order valence-corrected chi connectivity index (χ2v) is 3.85. The van der Waals surface area contributed by atoms with E-state index in [1.807, 2.05) is 0 Å². The summed E-state index contributed by atoms with van der Waals surface area (Å²) in [7, 11) is 3.36. The molecule has 0 fully saturated rings. The van der Waals surface area contributed by atoms with Crippen LogP contribution >= 0.6 is 0 Å². The van der Waals surface area contributed by atoms with E-state index in [0.29, 0.717) is 18.9 Å². The number of ether oxygens (including phenoxy) is 2. The molecular formula is C12H21N3O3. The van der Waals surface area contributed by atoms with E-state index in [9.17, 15) is 0 Å². The van der Waals surface area contributed by atoms with Crippen molar-refractivity contribution < 1.29 is 14.6 Å². The van der Waals surface area contributed by atoms with E-state index in [-0.39, 0.29) is 6.61 Å². The maximum absolute atomic E-state index is 8.93. The number of hydrogen-bond acceptors (Lipinski definition) is 6. The van der Waals surface area contributed by atoms with Gasteiger partial charge in [-0.25, -0.2) is 4.98 Å². The summed E-state index contributed by atoms with van der Waals surface area (Å²) in [4.78, 5) is 10.5. The van der Waals surface area contributed by atoms with E-state index in [1.165, 1.54) is 0 Å². The summed E-state index contributed by atoms with van der Waals surface area (Å²) >= 11 is 0. The first-order chi connectivity index (χ1) is 8.81. The van der Waals surface area contributed by atoms with Gasteiger partial charge < -0.3 is 19.5 Å². The van der Waals surface area contributed by atoms with Crippen molar-refractivity contribution in [3.8, 4) is 0 Å². The summed E-state index contributed by atoms with van der Waals surface area (Å²) in [6, 6.07) is 0. The van der Waals surface area contributed by atoms with Gasteiger partial charge in [0.25, 0.3) is 0 Å². The van der Waals surface area contributed by atoms with Gasteiger partial charge in [-0.1, -0.05) is 0 Å². The standard InChI is InChI=1S/C12H21N3O3/c1-17-6-3-4-15(5-7-18-2)12-9-13-11(10-16)8-14-12/h8-9,16H,3-7,10H2,1-2H3. The Morgan fingerprint density at radius 2 is 1.89 bits per heavy atom. The molecule has 1 rings (SSSR count). The van der Waals surface area contributed by atoms with Crippen molar-refractivity contribution in [2.45, 2.75) is 13.0 Å². The van der Waals surface area contributed by atoms with Gasteiger partial charge in [-0.05, 0) is 6.42 Å². The number of aliphatic hydroxyl groups excluding tert-OH is 1. The molecular weight excluding hydrogens is 234 g/mol. The minimum atomic E-state index is -0.0883. The lowest BCUT2D eigenvalue weighted by atomic mass is 10.3. The van der Waals surface area contributed by atoms with E-state index in [0.717, 1.165) is 25.3 Å². The lowest BCUT2D eigenvalue weighted by molar-refractivity contribution is 0.191. The second kappa shape index (κ2) is 8.79. The predicted molar refractivity (Wildman–Crippen MR) is 68.5 cm³/mol. The Labute approximate surface area is 108 Å². The number of rotatable bonds is 9. The number of anilines is 1. The highest BCUT2D eigenvalue weighted by molar-refractivity contribution is 5.35. The molecule has 0 amide bonds. The Bertz CT molecular complexity index is 319. The molecule has 0 saturated carbocycles. The Morgan fingerprint density at radius 3 is 2.44 bits per heavy atom. The molecule has 6 nitrogen and oxygen atoms in total. The fraction of sp³-hybridized carbons (Fsp3) is 0.667. The molecule has 1 aromatic heterocycles. The number of nitrogens with zero attached hydrogens (tertiary/aromatic N) is 3. The minimum Gasteiger partial charge on any atom is -0.390 e. The molecule has 0 saturated heterocycles. The van der Waals surface area contributed by atoms with Crippen LogP contribution in [-0.2, 0) is 16.1 Å². The summed E-state index contributed by atoms with van der Waals surface area (Å²) in [5, 5.41) is 8.93. The zero-order chi connectivity index (χ0) is 13.2. The SMILES string of the molecule is COCCCN(CCOC)c1cnc(CO)cn1. The van der Waals surface area contributed by atoms with Gasteiger partial charge in [-0.3, -0.25) is 4.98 Å². The van der Waals surface area contributed by atoms with Crippen LogP contribution in [0.1, 0.15) is 12.1 Å². The largest absolute Gasteiger partial charge is 0.390 e. The highest BCUT2D eigenvalue weighted by Crippen LogP contribution is 2.09. The number of aliphatic hydroxyl groups is 1. The van der Waals surface area contributed by atoms with Crippen LogP contribution in [0.4, 0.5) is 5.82 Å². The molecule has 0 aliphatic heterocycles. The normalized spacial score (nSPS) is 10.6. The van der Waals surface area contributed by atoms with Crippen molar-refractivity contribution in [3.05, 3.63) is 18.1 Å². The van der Waals surface area contributed by atoms with Crippen LogP contribution < -0.4 is 4.90 Å². The van der Waals surface area contributed by atoms with Gasteiger partial charge in [0, 0.05) is 33.9 Å². The lowest BCUT2D eigenvalue weighted by Gasteiger charge is -2.22. The Balaban J connectivity index is 2.60. The van der Waals surface area contributed by atoms with Crippen LogP contribution in [0.2, 0.25) is 0 Å². The van der Waals surface area contributed by atoms with E-state index in [1.54, 1.807) is 26.6 Å². The van der Waals surface area contributed by atoms with Gasteiger partial charge in [0.2, 0.25) is 0 Å². The molecule has 6 heteroatoms. The van der Waals surface area contributed by atoms with Crippen molar-refractivity contribution in [1.29, 1.82) is 0 Å². The first kappa shape index (κ1) is 14.8. The first-order valence-corrected chi connectivity index (χ1v) is 5.96. The fourth-order valence-corrected chi connectivity index (χ4v) is 1.54. The number of methoxy groups -OCH3 is 2. The predicted octanol–water partition coefficient (Wildman–Crippen LogP) is 0.458. The van der Waals surface area contributed by atoms with Crippen LogP contribution in [0.25, 0.3) is 0 Å². The molecule has 1 N–H and O–H groups in total. The van der Waals surface area contributed by atoms with Gasteiger partial charge in [0.15, 0.2) is 0 Å². The summed E-state index contributed by atoms with van der Waals surface area (Å²) in [5.41, 5.74) is 0.572.